The van der Waals surface area contributed by atoms with Gasteiger partial charge < -0.3 is 10.6 Å². The summed E-state index contributed by atoms with van der Waals surface area (Å²) in [6.45, 7) is 4.53. The van der Waals surface area contributed by atoms with E-state index in [1.54, 1.807) is 0 Å². The zero-order valence-electron chi connectivity index (χ0n) is 11.9. The Morgan fingerprint density at radius 3 is 2.48 bits per heavy atom. The second-order valence-electron chi connectivity index (χ2n) is 5.62. The summed E-state index contributed by atoms with van der Waals surface area (Å²) < 4.78 is 38.7. The molecule has 0 bridgehead atoms. The first kappa shape index (κ1) is 16.0. The Morgan fingerprint density at radius 2 is 2.05 bits per heavy atom. The summed E-state index contributed by atoms with van der Waals surface area (Å²) in [4.78, 5) is 5.73. The molecule has 0 spiro atoms. The highest BCUT2D eigenvalue weighted by Gasteiger charge is 2.35. The summed E-state index contributed by atoms with van der Waals surface area (Å²) in [5.74, 6) is 0.752. The van der Waals surface area contributed by atoms with Crippen LogP contribution in [0.25, 0.3) is 0 Å². The highest BCUT2D eigenvalue weighted by molar-refractivity contribution is 7.80. The average Bonchev–Trinajstić information content (AvgIpc) is 3.17. The number of halogens is 3. The molecule has 1 heterocycles. The van der Waals surface area contributed by atoms with Crippen molar-refractivity contribution in [2.45, 2.75) is 38.9 Å². The smallest absolute Gasteiger partial charge is 0.389 e. The number of hydrogen-bond acceptors (Lipinski definition) is 3. The molecule has 0 unspecified atom stereocenters. The summed E-state index contributed by atoms with van der Waals surface area (Å²) in [6, 6.07) is 2.26. The quantitative estimate of drug-likeness (QED) is 0.846. The van der Waals surface area contributed by atoms with Crippen molar-refractivity contribution in [3.8, 4) is 0 Å². The third kappa shape index (κ3) is 3.84. The van der Waals surface area contributed by atoms with Crippen molar-refractivity contribution in [2.75, 3.05) is 11.4 Å². The van der Waals surface area contributed by atoms with Crippen molar-refractivity contribution in [1.29, 1.82) is 0 Å². The van der Waals surface area contributed by atoms with Crippen LogP contribution in [0.3, 0.4) is 0 Å². The van der Waals surface area contributed by atoms with Crippen LogP contribution in [0.15, 0.2) is 12.1 Å². The predicted molar refractivity (Wildman–Crippen MR) is 80.3 cm³/mol. The van der Waals surface area contributed by atoms with Crippen molar-refractivity contribution in [2.24, 2.45) is 11.7 Å². The molecule has 1 aromatic rings. The molecule has 2 N–H and O–H groups in total. The molecule has 1 saturated carbocycles. The molecule has 21 heavy (non-hydrogen) atoms. The van der Waals surface area contributed by atoms with E-state index in [9.17, 15) is 13.2 Å². The van der Waals surface area contributed by atoms with Crippen LogP contribution in [0.2, 0.25) is 0 Å². The molecule has 0 aliphatic heterocycles. The van der Waals surface area contributed by atoms with Crippen LogP contribution in [0.5, 0.6) is 0 Å². The highest BCUT2D eigenvalue weighted by atomic mass is 32.1. The first-order valence-corrected chi connectivity index (χ1v) is 7.25. The fourth-order valence-corrected chi connectivity index (χ4v) is 2.30. The summed E-state index contributed by atoms with van der Waals surface area (Å²) in [5, 5.41) is 0. The number of anilines is 1. The molecule has 1 fully saturated rings. The van der Waals surface area contributed by atoms with Crippen molar-refractivity contribution >= 4 is 23.0 Å². The van der Waals surface area contributed by atoms with Crippen LogP contribution >= 0.6 is 12.2 Å². The van der Waals surface area contributed by atoms with E-state index in [1.165, 1.54) is 6.07 Å². The van der Waals surface area contributed by atoms with Crippen LogP contribution in [-0.4, -0.2) is 22.6 Å². The number of aromatic nitrogens is 1. The van der Waals surface area contributed by atoms with Gasteiger partial charge >= 0.3 is 6.18 Å². The van der Waals surface area contributed by atoms with Crippen LogP contribution in [0.4, 0.5) is 19.0 Å². The highest BCUT2D eigenvalue weighted by Crippen LogP contribution is 2.35. The lowest BCUT2D eigenvalue weighted by atomic mass is 10.1. The van der Waals surface area contributed by atoms with Gasteiger partial charge in [-0.3, -0.25) is 0 Å². The van der Waals surface area contributed by atoms with E-state index in [4.69, 9.17) is 18.0 Å². The lowest BCUT2D eigenvalue weighted by Gasteiger charge is -2.30. The van der Waals surface area contributed by atoms with Crippen molar-refractivity contribution in [3.63, 3.8) is 0 Å². The van der Waals surface area contributed by atoms with Crippen LogP contribution in [0, 0.1) is 5.92 Å². The van der Waals surface area contributed by atoms with E-state index in [0.29, 0.717) is 18.0 Å². The first-order chi connectivity index (χ1) is 9.70. The van der Waals surface area contributed by atoms with Gasteiger partial charge in [-0.1, -0.05) is 12.2 Å². The van der Waals surface area contributed by atoms with Crippen molar-refractivity contribution < 1.29 is 13.2 Å². The van der Waals surface area contributed by atoms with Crippen LogP contribution < -0.4 is 10.6 Å². The molecule has 7 heteroatoms. The van der Waals surface area contributed by atoms with Gasteiger partial charge in [0.05, 0.1) is 5.56 Å². The lowest BCUT2D eigenvalue weighted by Crippen LogP contribution is -2.35. The minimum absolute atomic E-state index is 0.0229. The van der Waals surface area contributed by atoms with Gasteiger partial charge in [0.25, 0.3) is 0 Å². The molecule has 1 aromatic heterocycles. The molecule has 0 saturated heterocycles. The maximum absolute atomic E-state index is 12.9. The average molecular weight is 317 g/mol. The zero-order valence-corrected chi connectivity index (χ0v) is 12.8. The standard InChI is InChI=1S/C14H18F3N3S/c1-8(2)20(7-9-3-4-9)13-10(12(18)21)5-6-11(19-13)14(15,16)17/h5-6,8-9H,3-4,7H2,1-2H3,(H2,18,21). The van der Waals surface area contributed by atoms with Crippen LogP contribution in [-0.2, 0) is 6.18 Å². The fraction of sp³-hybridized carbons (Fsp3) is 0.571. The number of nitrogens with two attached hydrogens (primary N) is 1. The third-order valence-corrected chi connectivity index (χ3v) is 3.70. The SMILES string of the molecule is CC(C)N(CC1CC1)c1nc(C(F)(F)F)ccc1C(N)=S. The van der Waals surface area contributed by atoms with Gasteiger partial charge in [0.2, 0.25) is 0 Å². The summed E-state index contributed by atoms with van der Waals surface area (Å²) in [6.07, 6.45) is -2.28. The molecule has 0 aromatic carbocycles. The second kappa shape index (κ2) is 5.79. The zero-order chi connectivity index (χ0) is 15.8. The summed E-state index contributed by atoms with van der Waals surface area (Å²) in [5.41, 5.74) is 5.12. The van der Waals surface area contributed by atoms with Gasteiger partial charge in [-0.05, 0) is 44.7 Å². The van der Waals surface area contributed by atoms with Gasteiger partial charge in [0, 0.05) is 12.6 Å². The number of alkyl halides is 3. The Balaban J connectivity index is 2.47. The Bertz CT molecular complexity index is 539. The van der Waals surface area contributed by atoms with E-state index in [1.807, 2.05) is 18.7 Å². The van der Waals surface area contributed by atoms with E-state index >= 15 is 0 Å². The number of hydrogen-bond donors (Lipinski definition) is 1. The summed E-state index contributed by atoms with van der Waals surface area (Å²) >= 11 is 4.95. The van der Waals surface area contributed by atoms with Gasteiger partial charge in [-0.15, -0.1) is 0 Å². The van der Waals surface area contributed by atoms with Crippen molar-refractivity contribution in [1.82, 2.24) is 4.98 Å². The Hall–Kier alpha value is -1.37. The molecular weight excluding hydrogens is 299 g/mol. The Kier molecular flexibility index (Phi) is 4.41. The first-order valence-electron chi connectivity index (χ1n) is 6.85. The van der Waals surface area contributed by atoms with Gasteiger partial charge in [0.15, 0.2) is 0 Å². The molecule has 0 radical (unpaired) electrons. The lowest BCUT2D eigenvalue weighted by molar-refractivity contribution is -0.141. The molecule has 0 amide bonds. The predicted octanol–water partition coefficient (Wildman–Crippen LogP) is 3.36. The topological polar surface area (TPSA) is 42.2 Å². The maximum atomic E-state index is 12.9. The minimum Gasteiger partial charge on any atom is -0.389 e. The molecule has 1 aliphatic carbocycles. The third-order valence-electron chi connectivity index (χ3n) is 3.48. The number of nitrogens with zero attached hydrogens (tertiary/aromatic N) is 2. The molecule has 1 aliphatic rings. The van der Waals surface area contributed by atoms with E-state index in [2.05, 4.69) is 4.98 Å². The molecule has 116 valence electrons. The minimum atomic E-state index is -4.48. The largest absolute Gasteiger partial charge is 0.433 e. The number of pyridine rings is 1. The van der Waals surface area contributed by atoms with Gasteiger partial charge in [-0.2, -0.15) is 13.2 Å². The molecule has 0 atom stereocenters. The number of thiocarbonyl (C=S) groups is 1. The summed E-state index contributed by atoms with van der Waals surface area (Å²) in [7, 11) is 0. The van der Waals surface area contributed by atoms with E-state index in [-0.39, 0.29) is 16.8 Å². The molecular formula is C14H18F3N3S. The second-order valence-corrected chi connectivity index (χ2v) is 6.06. The molecule has 3 nitrogen and oxygen atoms in total. The maximum Gasteiger partial charge on any atom is 0.433 e. The van der Waals surface area contributed by atoms with E-state index in [0.717, 1.165) is 18.9 Å². The van der Waals surface area contributed by atoms with Crippen LogP contribution in [0.1, 0.15) is 37.9 Å². The number of rotatable bonds is 5. The van der Waals surface area contributed by atoms with E-state index < -0.39 is 11.9 Å². The van der Waals surface area contributed by atoms with Gasteiger partial charge in [0.1, 0.15) is 16.5 Å². The normalized spacial score (nSPS) is 15.3. The fourth-order valence-electron chi connectivity index (χ4n) is 2.14. The monoisotopic (exact) mass is 317 g/mol. The Labute approximate surface area is 127 Å². The van der Waals surface area contributed by atoms with Crippen molar-refractivity contribution in [3.05, 3.63) is 23.4 Å². The van der Waals surface area contributed by atoms with Gasteiger partial charge in [-0.25, -0.2) is 4.98 Å². The molecule has 2 rings (SSSR count). The Morgan fingerprint density at radius 1 is 1.43 bits per heavy atom.